The van der Waals surface area contributed by atoms with Crippen molar-refractivity contribution in [3.05, 3.63) is 53.7 Å². The van der Waals surface area contributed by atoms with Crippen LogP contribution >= 0.6 is 0 Å². The van der Waals surface area contributed by atoms with E-state index >= 15 is 0 Å². The Hall–Kier alpha value is -2.69. The molecule has 154 valence electrons. The van der Waals surface area contributed by atoms with Crippen LogP contribution in [0.1, 0.15) is 48.5 Å². The van der Waals surface area contributed by atoms with E-state index in [9.17, 15) is 9.59 Å². The molecule has 5 heteroatoms. The molecule has 1 aromatic carbocycles. The number of pyridine rings is 1. The second-order valence-electron chi connectivity index (χ2n) is 7.89. The molecular formula is C24H31N3O2. The lowest BCUT2D eigenvalue weighted by Crippen LogP contribution is -2.43. The lowest BCUT2D eigenvalue weighted by Gasteiger charge is -2.33. The highest BCUT2D eigenvalue weighted by Gasteiger charge is 2.30. The minimum Gasteiger partial charge on any atom is -0.346 e. The fraction of sp³-hybridized carbons (Fsp3) is 0.458. The van der Waals surface area contributed by atoms with Crippen molar-refractivity contribution in [1.29, 1.82) is 0 Å². The number of carbonyl (C=O) groups is 2. The number of nitrogens with zero attached hydrogens (tertiary/aromatic N) is 3. The van der Waals surface area contributed by atoms with Gasteiger partial charge in [-0.05, 0) is 43.9 Å². The van der Waals surface area contributed by atoms with E-state index < -0.39 is 0 Å². The van der Waals surface area contributed by atoms with Crippen LogP contribution in [-0.2, 0) is 4.79 Å². The molecule has 5 nitrogen and oxygen atoms in total. The Morgan fingerprint density at radius 2 is 1.86 bits per heavy atom. The topological polar surface area (TPSA) is 53.5 Å². The Kier molecular flexibility index (Phi) is 7.02. The summed E-state index contributed by atoms with van der Waals surface area (Å²) < 4.78 is 0. The largest absolute Gasteiger partial charge is 0.346 e. The standard InChI is InChI=1S/C24H31N3O2/c1-4-5-15-26(3)23(28)19-12-16-27(17-13-19)24(29)21-11-8-14-25-22(21)20-10-7-6-9-18(20)2/h6-11,14,19H,4-5,12-13,15-17H2,1-3H3. The molecule has 0 spiro atoms. The van der Waals surface area contributed by atoms with Crippen LogP contribution in [0.2, 0.25) is 0 Å². The van der Waals surface area contributed by atoms with Gasteiger partial charge in [0, 0.05) is 44.4 Å². The Labute approximate surface area is 173 Å². The molecular weight excluding hydrogens is 362 g/mol. The lowest BCUT2D eigenvalue weighted by atomic mass is 9.94. The van der Waals surface area contributed by atoms with Crippen molar-refractivity contribution in [2.75, 3.05) is 26.7 Å². The maximum Gasteiger partial charge on any atom is 0.256 e. The number of carbonyl (C=O) groups excluding carboxylic acids is 2. The van der Waals surface area contributed by atoms with Gasteiger partial charge in [-0.2, -0.15) is 0 Å². The van der Waals surface area contributed by atoms with E-state index in [0.717, 1.165) is 49.0 Å². The molecule has 0 aliphatic carbocycles. The van der Waals surface area contributed by atoms with Gasteiger partial charge in [0.2, 0.25) is 5.91 Å². The van der Waals surface area contributed by atoms with Crippen LogP contribution in [0.15, 0.2) is 42.6 Å². The minimum atomic E-state index is 0.00147. The van der Waals surface area contributed by atoms with Crippen molar-refractivity contribution >= 4 is 11.8 Å². The fourth-order valence-corrected chi connectivity index (χ4v) is 3.95. The van der Waals surface area contributed by atoms with Crippen LogP contribution in [0.4, 0.5) is 0 Å². The normalized spacial score (nSPS) is 14.7. The van der Waals surface area contributed by atoms with Gasteiger partial charge in [0.1, 0.15) is 0 Å². The van der Waals surface area contributed by atoms with E-state index in [2.05, 4.69) is 11.9 Å². The second kappa shape index (κ2) is 9.68. The zero-order valence-electron chi connectivity index (χ0n) is 17.7. The molecule has 0 unspecified atom stereocenters. The number of aryl methyl sites for hydroxylation is 1. The monoisotopic (exact) mass is 393 g/mol. The first-order chi connectivity index (χ1) is 14.0. The molecule has 2 aromatic rings. The summed E-state index contributed by atoms with van der Waals surface area (Å²) in [7, 11) is 1.89. The number of piperidine rings is 1. The van der Waals surface area contributed by atoms with E-state index in [0.29, 0.717) is 18.7 Å². The molecule has 2 amide bonds. The van der Waals surface area contributed by atoms with E-state index in [1.54, 1.807) is 6.20 Å². The molecule has 0 radical (unpaired) electrons. The molecule has 1 fully saturated rings. The molecule has 1 aliphatic rings. The number of hydrogen-bond donors (Lipinski definition) is 0. The van der Waals surface area contributed by atoms with Crippen molar-refractivity contribution in [2.45, 2.75) is 39.5 Å². The van der Waals surface area contributed by atoms with Crippen molar-refractivity contribution in [3.63, 3.8) is 0 Å². The average molecular weight is 394 g/mol. The molecule has 1 aliphatic heterocycles. The molecule has 0 saturated carbocycles. The summed E-state index contributed by atoms with van der Waals surface area (Å²) in [6, 6.07) is 11.7. The summed E-state index contributed by atoms with van der Waals surface area (Å²) in [4.78, 5) is 34.1. The van der Waals surface area contributed by atoms with Crippen LogP contribution < -0.4 is 0 Å². The van der Waals surface area contributed by atoms with Crippen molar-refractivity contribution < 1.29 is 9.59 Å². The van der Waals surface area contributed by atoms with Gasteiger partial charge >= 0.3 is 0 Å². The zero-order valence-corrected chi connectivity index (χ0v) is 17.7. The van der Waals surface area contributed by atoms with E-state index in [-0.39, 0.29) is 17.7 Å². The summed E-state index contributed by atoms with van der Waals surface area (Å²) >= 11 is 0. The van der Waals surface area contributed by atoms with Crippen molar-refractivity contribution in [1.82, 2.24) is 14.8 Å². The minimum absolute atomic E-state index is 0.00147. The summed E-state index contributed by atoms with van der Waals surface area (Å²) in [5, 5.41) is 0. The van der Waals surface area contributed by atoms with Crippen LogP contribution in [0.25, 0.3) is 11.3 Å². The van der Waals surface area contributed by atoms with Gasteiger partial charge in [0.05, 0.1) is 11.3 Å². The Bertz CT molecular complexity index is 857. The predicted molar refractivity (Wildman–Crippen MR) is 116 cm³/mol. The van der Waals surface area contributed by atoms with Crippen LogP contribution in [-0.4, -0.2) is 53.3 Å². The summed E-state index contributed by atoms with van der Waals surface area (Å²) in [6.45, 7) is 6.19. The number of aromatic nitrogens is 1. The number of amides is 2. The maximum atomic E-state index is 13.2. The SMILES string of the molecule is CCCCN(C)C(=O)C1CCN(C(=O)c2cccnc2-c2ccccc2C)CC1. The number of rotatable bonds is 6. The summed E-state index contributed by atoms with van der Waals surface area (Å²) in [5.41, 5.74) is 3.44. The van der Waals surface area contributed by atoms with E-state index in [1.165, 1.54) is 0 Å². The van der Waals surface area contributed by atoms with Gasteiger partial charge in [-0.3, -0.25) is 14.6 Å². The van der Waals surface area contributed by atoms with Crippen molar-refractivity contribution in [3.8, 4) is 11.3 Å². The highest BCUT2D eigenvalue weighted by atomic mass is 16.2. The first-order valence-electron chi connectivity index (χ1n) is 10.6. The Morgan fingerprint density at radius 3 is 2.55 bits per heavy atom. The van der Waals surface area contributed by atoms with Crippen LogP contribution in [0, 0.1) is 12.8 Å². The third kappa shape index (κ3) is 4.84. The van der Waals surface area contributed by atoms with Gasteiger partial charge in [0.25, 0.3) is 5.91 Å². The van der Waals surface area contributed by atoms with E-state index in [4.69, 9.17) is 0 Å². The predicted octanol–water partition coefficient (Wildman–Crippen LogP) is 4.17. The number of unbranched alkanes of at least 4 members (excludes halogenated alkanes) is 1. The third-order valence-corrected chi connectivity index (χ3v) is 5.79. The smallest absolute Gasteiger partial charge is 0.256 e. The fourth-order valence-electron chi connectivity index (χ4n) is 3.95. The molecule has 0 bridgehead atoms. The number of benzene rings is 1. The molecule has 0 N–H and O–H groups in total. The molecule has 3 rings (SSSR count). The molecule has 2 heterocycles. The zero-order chi connectivity index (χ0) is 20.8. The molecule has 29 heavy (non-hydrogen) atoms. The Balaban J connectivity index is 1.69. The van der Waals surface area contributed by atoms with Crippen molar-refractivity contribution in [2.24, 2.45) is 5.92 Å². The lowest BCUT2D eigenvalue weighted by molar-refractivity contribution is -0.135. The number of likely N-dealkylation sites (tertiary alicyclic amines) is 1. The van der Waals surface area contributed by atoms with E-state index in [1.807, 2.05) is 60.2 Å². The van der Waals surface area contributed by atoms with Gasteiger partial charge in [-0.15, -0.1) is 0 Å². The highest BCUT2D eigenvalue weighted by molar-refractivity contribution is 6.00. The molecule has 0 atom stereocenters. The van der Waals surface area contributed by atoms with Gasteiger partial charge in [0.15, 0.2) is 0 Å². The highest BCUT2D eigenvalue weighted by Crippen LogP contribution is 2.27. The quantitative estimate of drug-likeness (QED) is 0.740. The third-order valence-electron chi connectivity index (χ3n) is 5.79. The molecule has 1 saturated heterocycles. The second-order valence-corrected chi connectivity index (χ2v) is 7.89. The Morgan fingerprint density at radius 1 is 1.14 bits per heavy atom. The number of hydrogen-bond acceptors (Lipinski definition) is 3. The first kappa shape index (κ1) is 21.0. The maximum absolute atomic E-state index is 13.2. The molecule has 1 aromatic heterocycles. The average Bonchev–Trinajstić information content (AvgIpc) is 2.77. The van der Waals surface area contributed by atoms with Crippen LogP contribution in [0.5, 0.6) is 0 Å². The summed E-state index contributed by atoms with van der Waals surface area (Å²) in [5.74, 6) is 0.236. The summed E-state index contributed by atoms with van der Waals surface area (Å²) in [6.07, 6.45) is 5.29. The first-order valence-corrected chi connectivity index (χ1v) is 10.6. The van der Waals surface area contributed by atoms with Gasteiger partial charge in [-0.25, -0.2) is 0 Å². The van der Waals surface area contributed by atoms with Gasteiger partial charge in [-0.1, -0.05) is 37.6 Å². The van der Waals surface area contributed by atoms with Gasteiger partial charge < -0.3 is 9.80 Å². The van der Waals surface area contributed by atoms with Crippen LogP contribution in [0.3, 0.4) is 0 Å².